The summed E-state index contributed by atoms with van der Waals surface area (Å²) in [5, 5.41) is 7.07. The van der Waals surface area contributed by atoms with Crippen molar-refractivity contribution >= 4 is 34.2 Å². The molecule has 2 aromatic heterocycles. The standard InChI is InChI=1S/C17H13ClN6O2/c1-24-17(26)22-15(23-24)16(25)19-10-7-5-9(6-8-10)14-20-12-4-2-3-11(18)13(12)21-14/h2-8H,1H3,(H,19,25)(H,20,21)(H,22,23,26). The molecule has 2 aromatic carbocycles. The molecule has 4 rings (SSSR count). The number of para-hydroxylation sites is 1. The average Bonchev–Trinajstić information content (AvgIpc) is 3.20. The number of carbonyl (C=O) groups is 1. The van der Waals surface area contributed by atoms with Crippen LogP contribution in [0.4, 0.5) is 5.69 Å². The fourth-order valence-electron chi connectivity index (χ4n) is 2.54. The Morgan fingerprint density at radius 1 is 1.15 bits per heavy atom. The largest absolute Gasteiger partial charge is 0.343 e. The topological polar surface area (TPSA) is 108 Å². The number of hydrogen-bond donors (Lipinski definition) is 3. The molecule has 4 aromatic rings. The van der Waals surface area contributed by atoms with E-state index in [2.05, 4.69) is 25.4 Å². The summed E-state index contributed by atoms with van der Waals surface area (Å²) in [4.78, 5) is 33.5. The van der Waals surface area contributed by atoms with Crippen LogP contribution in [-0.4, -0.2) is 30.6 Å². The summed E-state index contributed by atoms with van der Waals surface area (Å²) in [6.07, 6.45) is 0. The van der Waals surface area contributed by atoms with Crippen LogP contribution in [0.2, 0.25) is 5.02 Å². The molecule has 1 amide bonds. The highest BCUT2D eigenvalue weighted by atomic mass is 35.5. The number of nitrogens with zero attached hydrogens (tertiary/aromatic N) is 3. The van der Waals surface area contributed by atoms with Gasteiger partial charge in [0.15, 0.2) is 0 Å². The van der Waals surface area contributed by atoms with Crippen molar-refractivity contribution < 1.29 is 4.79 Å². The molecule has 130 valence electrons. The number of hydrogen-bond acceptors (Lipinski definition) is 4. The molecule has 0 radical (unpaired) electrons. The predicted octanol–water partition coefficient (Wildman–Crippen LogP) is 2.56. The minimum atomic E-state index is -0.494. The molecule has 0 aliphatic heterocycles. The molecular weight excluding hydrogens is 356 g/mol. The summed E-state index contributed by atoms with van der Waals surface area (Å²) < 4.78 is 1.06. The maximum absolute atomic E-state index is 12.1. The molecular formula is C17H13ClN6O2. The Balaban J connectivity index is 1.57. The second-order valence-electron chi connectivity index (χ2n) is 5.66. The maximum atomic E-state index is 12.1. The van der Waals surface area contributed by atoms with Gasteiger partial charge < -0.3 is 10.3 Å². The summed E-state index contributed by atoms with van der Waals surface area (Å²) in [5.41, 5.74) is 2.53. The van der Waals surface area contributed by atoms with Gasteiger partial charge in [-0.05, 0) is 36.4 Å². The monoisotopic (exact) mass is 368 g/mol. The third kappa shape index (κ3) is 2.86. The van der Waals surface area contributed by atoms with E-state index in [4.69, 9.17) is 11.6 Å². The summed E-state index contributed by atoms with van der Waals surface area (Å²) in [5.74, 6) is 0.138. The zero-order valence-corrected chi connectivity index (χ0v) is 14.3. The van der Waals surface area contributed by atoms with Crippen molar-refractivity contribution in [3.63, 3.8) is 0 Å². The molecule has 0 aliphatic rings. The van der Waals surface area contributed by atoms with E-state index in [1.807, 2.05) is 24.3 Å². The molecule has 8 nitrogen and oxygen atoms in total. The third-order valence-corrected chi connectivity index (χ3v) is 4.17. The molecule has 0 spiro atoms. The molecule has 26 heavy (non-hydrogen) atoms. The molecule has 0 bridgehead atoms. The van der Waals surface area contributed by atoms with E-state index in [-0.39, 0.29) is 5.82 Å². The smallest absolute Gasteiger partial charge is 0.338 e. The summed E-state index contributed by atoms with van der Waals surface area (Å²) >= 11 is 6.15. The molecule has 0 aliphatic carbocycles. The summed E-state index contributed by atoms with van der Waals surface area (Å²) in [6, 6.07) is 12.7. The number of fused-ring (bicyclic) bond motifs is 1. The number of rotatable bonds is 3. The minimum absolute atomic E-state index is 0.0477. The molecule has 2 heterocycles. The van der Waals surface area contributed by atoms with Crippen molar-refractivity contribution in [3.05, 3.63) is 63.8 Å². The predicted molar refractivity (Wildman–Crippen MR) is 98.3 cm³/mol. The lowest BCUT2D eigenvalue weighted by atomic mass is 10.2. The molecule has 9 heteroatoms. The number of halogens is 1. The summed E-state index contributed by atoms with van der Waals surface area (Å²) in [7, 11) is 1.46. The number of benzene rings is 2. The van der Waals surface area contributed by atoms with E-state index in [1.165, 1.54) is 7.05 Å². The maximum Gasteiger partial charge on any atom is 0.343 e. The van der Waals surface area contributed by atoms with Crippen LogP contribution in [0, 0.1) is 0 Å². The Morgan fingerprint density at radius 3 is 2.58 bits per heavy atom. The fourth-order valence-corrected chi connectivity index (χ4v) is 2.76. The van der Waals surface area contributed by atoms with Crippen LogP contribution in [-0.2, 0) is 7.05 Å². The Bertz CT molecular complexity index is 1170. The lowest BCUT2D eigenvalue weighted by molar-refractivity contribution is 0.101. The Hall–Kier alpha value is -3.39. The second-order valence-corrected chi connectivity index (χ2v) is 6.06. The van der Waals surface area contributed by atoms with Crippen molar-refractivity contribution in [2.24, 2.45) is 7.05 Å². The highest BCUT2D eigenvalue weighted by Gasteiger charge is 2.12. The molecule has 0 saturated carbocycles. The van der Waals surface area contributed by atoms with Gasteiger partial charge in [-0.25, -0.2) is 14.5 Å². The third-order valence-electron chi connectivity index (χ3n) is 3.86. The number of aryl methyl sites for hydroxylation is 1. The van der Waals surface area contributed by atoms with Gasteiger partial charge in [0, 0.05) is 18.3 Å². The van der Waals surface area contributed by atoms with Gasteiger partial charge in [-0.1, -0.05) is 17.7 Å². The van der Waals surface area contributed by atoms with Gasteiger partial charge in [0.25, 0.3) is 5.91 Å². The molecule has 0 fully saturated rings. The van der Waals surface area contributed by atoms with E-state index in [0.29, 0.717) is 22.1 Å². The highest BCUT2D eigenvalue weighted by Crippen LogP contribution is 2.26. The number of H-pyrrole nitrogens is 2. The van der Waals surface area contributed by atoms with Crippen LogP contribution in [0.1, 0.15) is 10.6 Å². The van der Waals surface area contributed by atoms with E-state index in [1.54, 1.807) is 18.2 Å². The van der Waals surface area contributed by atoms with Gasteiger partial charge in [-0.2, -0.15) is 0 Å². The van der Waals surface area contributed by atoms with Crippen LogP contribution < -0.4 is 11.0 Å². The Morgan fingerprint density at radius 2 is 1.92 bits per heavy atom. The van der Waals surface area contributed by atoms with Gasteiger partial charge in [0.05, 0.1) is 10.5 Å². The van der Waals surface area contributed by atoms with Crippen molar-refractivity contribution in [1.29, 1.82) is 0 Å². The van der Waals surface area contributed by atoms with Gasteiger partial charge in [0.1, 0.15) is 11.3 Å². The molecule has 0 saturated heterocycles. The first-order chi connectivity index (χ1) is 12.5. The van der Waals surface area contributed by atoms with Crippen LogP contribution in [0.25, 0.3) is 22.4 Å². The number of nitrogens with one attached hydrogen (secondary N) is 3. The number of aromatic amines is 2. The zero-order chi connectivity index (χ0) is 18.3. The van der Waals surface area contributed by atoms with Gasteiger partial charge in [-0.3, -0.25) is 9.78 Å². The number of aromatic nitrogens is 5. The fraction of sp³-hybridized carbons (Fsp3) is 0.0588. The zero-order valence-electron chi connectivity index (χ0n) is 13.6. The van der Waals surface area contributed by atoms with E-state index in [0.717, 1.165) is 15.8 Å². The first-order valence-electron chi connectivity index (χ1n) is 7.70. The van der Waals surface area contributed by atoms with Gasteiger partial charge in [0.2, 0.25) is 5.82 Å². The van der Waals surface area contributed by atoms with Crippen molar-refractivity contribution in [3.8, 4) is 11.4 Å². The number of carbonyl (C=O) groups excluding carboxylic acids is 1. The lowest BCUT2D eigenvalue weighted by Gasteiger charge is -2.03. The van der Waals surface area contributed by atoms with Crippen LogP contribution in [0.5, 0.6) is 0 Å². The van der Waals surface area contributed by atoms with Crippen LogP contribution in [0.3, 0.4) is 0 Å². The normalized spacial score (nSPS) is 11.0. The Labute approximate surface area is 151 Å². The number of imidazole rings is 1. The molecule has 0 atom stereocenters. The SMILES string of the molecule is Cn1nc(C(=O)Nc2ccc(-c3nc4c(Cl)cccc4[nH]3)cc2)[nH]c1=O. The van der Waals surface area contributed by atoms with Gasteiger partial charge in [-0.15, -0.1) is 5.10 Å². The minimum Gasteiger partial charge on any atom is -0.338 e. The quantitative estimate of drug-likeness (QED) is 0.516. The number of anilines is 1. The van der Waals surface area contributed by atoms with E-state index < -0.39 is 11.6 Å². The highest BCUT2D eigenvalue weighted by molar-refractivity contribution is 6.35. The Kier molecular flexibility index (Phi) is 3.81. The van der Waals surface area contributed by atoms with Crippen molar-refractivity contribution in [1.82, 2.24) is 24.7 Å². The first kappa shape index (κ1) is 16.1. The summed E-state index contributed by atoms with van der Waals surface area (Å²) in [6.45, 7) is 0. The van der Waals surface area contributed by atoms with E-state index >= 15 is 0 Å². The average molecular weight is 369 g/mol. The van der Waals surface area contributed by atoms with E-state index in [9.17, 15) is 9.59 Å². The first-order valence-corrected chi connectivity index (χ1v) is 8.08. The van der Waals surface area contributed by atoms with Crippen LogP contribution in [0.15, 0.2) is 47.3 Å². The lowest BCUT2D eigenvalue weighted by Crippen LogP contribution is -2.15. The van der Waals surface area contributed by atoms with Crippen LogP contribution >= 0.6 is 11.6 Å². The van der Waals surface area contributed by atoms with Gasteiger partial charge >= 0.3 is 5.69 Å². The molecule has 3 N–H and O–H groups in total. The number of amides is 1. The van der Waals surface area contributed by atoms with Crippen molar-refractivity contribution in [2.45, 2.75) is 0 Å². The second kappa shape index (κ2) is 6.16. The molecule has 0 unspecified atom stereocenters. The van der Waals surface area contributed by atoms with Crippen molar-refractivity contribution in [2.75, 3.05) is 5.32 Å².